The highest BCUT2D eigenvalue weighted by molar-refractivity contribution is 6.30. The van der Waals surface area contributed by atoms with Crippen LogP contribution in [0.15, 0.2) is 48.5 Å². The summed E-state index contributed by atoms with van der Waals surface area (Å²) >= 11 is 5.92. The highest BCUT2D eigenvalue weighted by Crippen LogP contribution is 2.21. The first-order valence-electron chi connectivity index (χ1n) is 11.9. The Hall–Kier alpha value is -2.85. The van der Waals surface area contributed by atoms with Gasteiger partial charge in [-0.25, -0.2) is 4.79 Å². The highest BCUT2D eigenvalue weighted by atomic mass is 35.5. The quantitative estimate of drug-likeness (QED) is 0.493. The molecule has 0 radical (unpaired) electrons. The Morgan fingerprint density at radius 3 is 2.39 bits per heavy atom. The second-order valence-corrected chi connectivity index (χ2v) is 10.2. The molecule has 0 bridgehead atoms. The molecule has 2 aromatic carbocycles. The SMILES string of the molecule is CC1(C)NC(=O)N(CCOc2ccc(CN3CCOC[C@@](O)(COc4ccc(Cl)cc4)C3)cc2)C1=O. The molecule has 2 N–H and O–H groups in total. The number of hydrogen-bond donors (Lipinski definition) is 2. The van der Waals surface area contributed by atoms with Gasteiger partial charge in [-0.1, -0.05) is 23.7 Å². The lowest BCUT2D eigenvalue weighted by Crippen LogP contribution is -2.48. The predicted molar refractivity (Wildman–Crippen MR) is 134 cm³/mol. The summed E-state index contributed by atoms with van der Waals surface area (Å²) in [6.45, 7) is 6.27. The molecule has 4 rings (SSSR count). The van der Waals surface area contributed by atoms with E-state index >= 15 is 0 Å². The number of aliphatic hydroxyl groups is 1. The van der Waals surface area contributed by atoms with E-state index in [2.05, 4.69) is 10.2 Å². The van der Waals surface area contributed by atoms with Crippen molar-refractivity contribution in [2.75, 3.05) is 46.1 Å². The van der Waals surface area contributed by atoms with Crippen LogP contribution in [0.5, 0.6) is 11.5 Å². The second-order valence-electron chi connectivity index (χ2n) is 9.73. The Kier molecular flexibility index (Phi) is 8.04. The first kappa shape index (κ1) is 26.2. The topological polar surface area (TPSA) is 101 Å². The molecular weight excluding hydrogens is 486 g/mol. The Balaban J connectivity index is 1.26. The number of hydrogen-bond acceptors (Lipinski definition) is 7. The zero-order chi connectivity index (χ0) is 25.8. The summed E-state index contributed by atoms with van der Waals surface area (Å²) in [4.78, 5) is 27.5. The van der Waals surface area contributed by atoms with Crippen molar-refractivity contribution >= 4 is 23.5 Å². The fraction of sp³-hybridized carbons (Fsp3) is 0.462. The molecule has 36 heavy (non-hydrogen) atoms. The lowest BCUT2D eigenvalue weighted by atomic mass is 10.1. The molecular formula is C26H32ClN3O6. The number of carbonyl (C=O) groups is 2. The maximum absolute atomic E-state index is 12.3. The van der Waals surface area contributed by atoms with Crippen molar-refractivity contribution in [2.24, 2.45) is 0 Å². The van der Waals surface area contributed by atoms with Gasteiger partial charge in [0.25, 0.3) is 5.91 Å². The van der Waals surface area contributed by atoms with Crippen molar-refractivity contribution in [1.82, 2.24) is 15.1 Å². The Morgan fingerprint density at radius 2 is 1.72 bits per heavy atom. The van der Waals surface area contributed by atoms with Crippen LogP contribution in [-0.2, 0) is 16.1 Å². The number of benzene rings is 2. The van der Waals surface area contributed by atoms with Crippen molar-refractivity contribution in [2.45, 2.75) is 31.5 Å². The highest BCUT2D eigenvalue weighted by Gasteiger charge is 2.43. The van der Waals surface area contributed by atoms with Crippen LogP contribution in [0.3, 0.4) is 0 Å². The molecule has 0 aromatic heterocycles. The van der Waals surface area contributed by atoms with E-state index in [1.165, 1.54) is 4.90 Å². The van der Waals surface area contributed by atoms with Gasteiger partial charge in [-0.05, 0) is 55.8 Å². The van der Waals surface area contributed by atoms with Crippen molar-refractivity contribution in [3.8, 4) is 11.5 Å². The Labute approximate surface area is 215 Å². The van der Waals surface area contributed by atoms with Gasteiger partial charge in [-0.2, -0.15) is 0 Å². The molecule has 0 unspecified atom stereocenters. The van der Waals surface area contributed by atoms with E-state index < -0.39 is 17.2 Å². The second kappa shape index (κ2) is 11.0. The zero-order valence-corrected chi connectivity index (χ0v) is 21.3. The summed E-state index contributed by atoms with van der Waals surface area (Å²) in [6.07, 6.45) is 0. The third-order valence-electron chi connectivity index (χ3n) is 6.12. The third kappa shape index (κ3) is 6.67. The van der Waals surface area contributed by atoms with E-state index in [1.807, 2.05) is 24.3 Å². The van der Waals surface area contributed by atoms with E-state index in [-0.39, 0.29) is 32.3 Å². The summed E-state index contributed by atoms with van der Waals surface area (Å²) in [5.41, 5.74) is -0.973. The smallest absolute Gasteiger partial charge is 0.325 e. The first-order chi connectivity index (χ1) is 17.1. The molecule has 10 heteroatoms. The van der Waals surface area contributed by atoms with Crippen molar-refractivity contribution in [1.29, 1.82) is 0 Å². The molecule has 0 spiro atoms. The average Bonchev–Trinajstić information content (AvgIpc) is 2.95. The number of halogens is 1. The molecule has 0 aliphatic carbocycles. The lowest BCUT2D eigenvalue weighted by molar-refractivity contribution is -0.130. The third-order valence-corrected chi connectivity index (χ3v) is 6.37. The summed E-state index contributed by atoms with van der Waals surface area (Å²) in [7, 11) is 0. The summed E-state index contributed by atoms with van der Waals surface area (Å²) in [5, 5.41) is 14.4. The van der Waals surface area contributed by atoms with Crippen molar-refractivity contribution < 1.29 is 28.9 Å². The van der Waals surface area contributed by atoms with Crippen molar-refractivity contribution in [3.63, 3.8) is 0 Å². The van der Waals surface area contributed by atoms with Crippen LogP contribution in [0.25, 0.3) is 0 Å². The van der Waals surface area contributed by atoms with Crippen LogP contribution < -0.4 is 14.8 Å². The number of carbonyl (C=O) groups excluding carboxylic acids is 2. The number of β-amino-alcohol motifs (C(OH)–C–C–N with tert-alkyl or cyclic N) is 1. The summed E-state index contributed by atoms with van der Waals surface area (Å²) in [6, 6.07) is 14.3. The molecule has 3 amide bonds. The molecule has 0 saturated carbocycles. The van der Waals surface area contributed by atoms with E-state index in [0.29, 0.717) is 42.8 Å². The number of nitrogens with one attached hydrogen (secondary N) is 1. The van der Waals surface area contributed by atoms with Gasteiger partial charge in [0.1, 0.15) is 35.9 Å². The predicted octanol–water partition coefficient (Wildman–Crippen LogP) is 2.69. The molecule has 2 aliphatic rings. The molecule has 2 aromatic rings. The molecule has 2 aliphatic heterocycles. The van der Waals surface area contributed by atoms with Crippen LogP contribution in [0, 0.1) is 0 Å². The van der Waals surface area contributed by atoms with Gasteiger partial charge in [0.2, 0.25) is 0 Å². The normalized spacial score (nSPS) is 22.3. The largest absolute Gasteiger partial charge is 0.492 e. The van der Waals surface area contributed by atoms with Gasteiger partial charge in [-0.15, -0.1) is 0 Å². The maximum Gasteiger partial charge on any atom is 0.325 e. The van der Waals surface area contributed by atoms with Crippen LogP contribution in [0.1, 0.15) is 19.4 Å². The zero-order valence-electron chi connectivity index (χ0n) is 20.5. The van der Waals surface area contributed by atoms with Crippen LogP contribution >= 0.6 is 11.6 Å². The van der Waals surface area contributed by atoms with Gasteiger partial charge in [0, 0.05) is 24.7 Å². The summed E-state index contributed by atoms with van der Waals surface area (Å²) in [5.74, 6) is 1.03. The minimum absolute atomic E-state index is 0.104. The maximum atomic E-state index is 12.3. The number of amides is 3. The van der Waals surface area contributed by atoms with Crippen LogP contribution in [0.2, 0.25) is 5.02 Å². The lowest BCUT2D eigenvalue weighted by Gasteiger charge is -2.30. The fourth-order valence-electron chi connectivity index (χ4n) is 4.19. The molecule has 9 nitrogen and oxygen atoms in total. The number of nitrogens with zero attached hydrogens (tertiary/aromatic N) is 2. The minimum atomic E-state index is -1.15. The van der Waals surface area contributed by atoms with E-state index in [9.17, 15) is 14.7 Å². The van der Waals surface area contributed by atoms with E-state index in [1.54, 1.807) is 38.1 Å². The monoisotopic (exact) mass is 517 g/mol. The molecule has 2 heterocycles. The Bertz CT molecular complexity index is 1060. The van der Waals surface area contributed by atoms with Gasteiger partial charge in [0.05, 0.1) is 19.8 Å². The number of ether oxygens (including phenoxy) is 3. The molecule has 2 fully saturated rings. The Morgan fingerprint density at radius 1 is 1.06 bits per heavy atom. The minimum Gasteiger partial charge on any atom is -0.492 e. The standard InChI is InChI=1S/C26H32ClN3O6/c1-25(2)23(31)30(24(32)28-25)12-14-35-21-7-3-19(4-8-21)15-29-11-13-34-17-26(33,16-29)18-36-22-9-5-20(27)6-10-22/h3-10,33H,11-18H2,1-2H3,(H,28,32)/t26-/m1/s1. The van der Waals surface area contributed by atoms with E-state index in [0.717, 1.165) is 5.56 Å². The van der Waals surface area contributed by atoms with Crippen LogP contribution in [-0.4, -0.2) is 84.0 Å². The van der Waals surface area contributed by atoms with Gasteiger partial charge >= 0.3 is 6.03 Å². The van der Waals surface area contributed by atoms with E-state index in [4.69, 9.17) is 25.8 Å². The number of imide groups is 1. The molecule has 194 valence electrons. The average molecular weight is 518 g/mol. The first-order valence-corrected chi connectivity index (χ1v) is 12.3. The van der Waals surface area contributed by atoms with Crippen molar-refractivity contribution in [3.05, 3.63) is 59.1 Å². The molecule has 2 saturated heterocycles. The number of rotatable bonds is 9. The van der Waals surface area contributed by atoms with Gasteiger partial charge < -0.3 is 24.6 Å². The summed E-state index contributed by atoms with van der Waals surface area (Å²) < 4.78 is 17.2. The van der Waals surface area contributed by atoms with Gasteiger partial charge in [0.15, 0.2) is 0 Å². The van der Waals surface area contributed by atoms with Gasteiger partial charge in [-0.3, -0.25) is 14.6 Å². The number of urea groups is 1. The fourth-order valence-corrected chi connectivity index (χ4v) is 4.32. The van der Waals surface area contributed by atoms with Crippen LogP contribution in [0.4, 0.5) is 4.79 Å². The molecule has 1 atom stereocenters.